The quantitative estimate of drug-likeness (QED) is 0.427. The highest BCUT2D eigenvalue weighted by molar-refractivity contribution is 7.92. The van der Waals surface area contributed by atoms with Gasteiger partial charge in [0.25, 0.3) is 10.0 Å². The van der Waals surface area contributed by atoms with Gasteiger partial charge in [-0.05, 0) is 60.9 Å². The van der Waals surface area contributed by atoms with Crippen LogP contribution in [0, 0.1) is 0 Å². The molecule has 0 fully saturated rings. The number of carbonyl (C=O) groups is 2. The standard InChI is InChI=1S/C27H30ClN3O4S/c1-4-21-13-15-24(16-14-21)31(36(34,35)25-11-6-5-7-12-25)19-26(32)30(20(2)27(33)29-3)18-22-9-8-10-23(28)17-22/h5-17,20H,4,18-19H2,1-3H3,(H,29,33). The molecular formula is C27H30ClN3O4S. The lowest BCUT2D eigenvalue weighted by molar-refractivity contribution is -0.139. The molecule has 3 aromatic rings. The molecule has 1 atom stereocenters. The van der Waals surface area contributed by atoms with Crippen LogP contribution < -0.4 is 9.62 Å². The van der Waals surface area contributed by atoms with E-state index in [0.29, 0.717) is 10.7 Å². The number of halogens is 1. The molecule has 0 radical (unpaired) electrons. The van der Waals surface area contributed by atoms with Crippen molar-refractivity contribution >= 4 is 39.1 Å². The molecule has 0 spiro atoms. The molecule has 3 rings (SSSR count). The molecule has 190 valence electrons. The average molecular weight is 528 g/mol. The van der Waals surface area contributed by atoms with Gasteiger partial charge < -0.3 is 10.2 Å². The Balaban J connectivity index is 2.02. The van der Waals surface area contributed by atoms with Crippen LogP contribution in [0.4, 0.5) is 5.69 Å². The third-order valence-corrected chi connectivity index (χ3v) is 7.92. The summed E-state index contributed by atoms with van der Waals surface area (Å²) in [4.78, 5) is 27.6. The number of carbonyl (C=O) groups excluding carboxylic acids is 2. The minimum atomic E-state index is -4.07. The largest absolute Gasteiger partial charge is 0.357 e. The number of aryl methyl sites for hydroxylation is 1. The number of benzene rings is 3. The number of rotatable bonds is 10. The fourth-order valence-electron chi connectivity index (χ4n) is 3.77. The van der Waals surface area contributed by atoms with Crippen molar-refractivity contribution in [2.75, 3.05) is 17.9 Å². The number of amides is 2. The first kappa shape index (κ1) is 27.2. The van der Waals surface area contributed by atoms with E-state index >= 15 is 0 Å². The molecular weight excluding hydrogens is 498 g/mol. The molecule has 0 heterocycles. The first-order chi connectivity index (χ1) is 17.2. The Morgan fingerprint density at radius 3 is 2.19 bits per heavy atom. The van der Waals surface area contributed by atoms with E-state index in [2.05, 4.69) is 5.32 Å². The predicted molar refractivity (Wildman–Crippen MR) is 142 cm³/mol. The molecule has 0 saturated carbocycles. The van der Waals surface area contributed by atoms with Gasteiger partial charge in [0, 0.05) is 18.6 Å². The molecule has 9 heteroatoms. The average Bonchev–Trinajstić information content (AvgIpc) is 2.90. The maximum atomic E-state index is 13.7. The number of hydrogen-bond donors (Lipinski definition) is 1. The number of likely N-dealkylation sites (N-methyl/N-ethyl adjacent to an activating group) is 1. The van der Waals surface area contributed by atoms with Gasteiger partial charge in [0.15, 0.2) is 0 Å². The van der Waals surface area contributed by atoms with Gasteiger partial charge in [-0.25, -0.2) is 8.42 Å². The minimum absolute atomic E-state index is 0.0677. The van der Waals surface area contributed by atoms with Crippen molar-refractivity contribution in [3.63, 3.8) is 0 Å². The van der Waals surface area contributed by atoms with Gasteiger partial charge in [-0.1, -0.05) is 61.0 Å². The topological polar surface area (TPSA) is 86.8 Å². The lowest BCUT2D eigenvalue weighted by atomic mass is 10.1. The Hall–Kier alpha value is -3.36. The molecule has 0 aliphatic carbocycles. The zero-order valence-electron chi connectivity index (χ0n) is 20.5. The normalized spacial score (nSPS) is 12.0. The monoisotopic (exact) mass is 527 g/mol. The summed E-state index contributed by atoms with van der Waals surface area (Å²) >= 11 is 6.12. The van der Waals surface area contributed by atoms with E-state index in [1.54, 1.807) is 61.5 Å². The van der Waals surface area contributed by atoms with Gasteiger partial charge in [0.05, 0.1) is 10.6 Å². The summed E-state index contributed by atoms with van der Waals surface area (Å²) in [6.07, 6.45) is 0.793. The zero-order valence-corrected chi connectivity index (χ0v) is 22.1. The van der Waals surface area contributed by atoms with Gasteiger partial charge >= 0.3 is 0 Å². The van der Waals surface area contributed by atoms with E-state index in [-0.39, 0.29) is 17.3 Å². The fraction of sp³-hybridized carbons (Fsp3) is 0.259. The van der Waals surface area contributed by atoms with Crippen molar-refractivity contribution in [2.45, 2.75) is 37.8 Å². The third-order valence-electron chi connectivity index (χ3n) is 5.90. The van der Waals surface area contributed by atoms with E-state index in [1.807, 2.05) is 19.1 Å². The molecule has 0 aromatic heterocycles. The highest BCUT2D eigenvalue weighted by atomic mass is 35.5. The van der Waals surface area contributed by atoms with Crippen LogP contribution in [0.25, 0.3) is 0 Å². The molecule has 0 aliphatic rings. The maximum absolute atomic E-state index is 13.7. The molecule has 7 nitrogen and oxygen atoms in total. The second-order valence-corrected chi connectivity index (χ2v) is 10.6. The summed E-state index contributed by atoms with van der Waals surface area (Å²) in [5.74, 6) is -0.889. The van der Waals surface area contributed by atoms with Crippen LogP contribution in [0.5, 0.6) is 0 Å². The molecule has 1 unspecified atom stereocenters. The van der Waals surface area contributed by atoms with Crippen LogP contribution in [0.3, 0.4) is 0 Å². The first-order valence-corrected chi connectivity index (χ1v) is 13.4. The summed E-state index contributed by atoms with van der Waals surface area (Å²) in [5, 5.41) is 3.06. The van der Waals surface area contributed by atoms with Crippen molar-refractivity contribution in [3.8, 4) is 0 Å². The van der Waals surface area contributed by atoms with Gasteiger partial charge in [0.2, 0.25) is 11.8 Å². The molecule has 36 heavy (non-hydrogen) atoms. The van der Waals surface area contributed by atoms with Crippen molar-refractivity contribution < 1.29 is 18.0 Å². The highest BCUT2D eigenvalue weighted by Crippen LogP contribution is 2.25. The summed E-state index contributed by atoms with van der Waals surface area (Å²) in [7, 11) is -2.58. The highest BCUT2D eigenvalue weighted by Gasteiger charge is 2.32. The van der Waals surface area contributed by atoms with Gasteiger partial charge in [-0.3, -0.25) is 13.9 Å². The lowest BCUT2D eigenvalue weighted by Crippen LogP contribution is -2.50. The Bertz CT molecular complexity index is 1300. The van der Waals surface area contributed by atoms with E-state index in [0.717, 1.165) is 21.9 Å². The van der Waals surface area contributed by atoms with Crippen molar-refractivity contribution in [1.82, 2.24) is 10.2 Å². The zero-order chi connectivity index (χ0) is 26.3. The van der Waals surface area contributed by atoms with Crippen molar-refractivity contribution in [2.24, 2.45) is 0 Å². The van der Waals surface area contributed by atoms with E-state index in [4.69, 9.17) is 11.6 Å². The number of anilines is 1. The minimum Gasteiger partial charge on any atom is -0.357 e. The molecule has 0 saturated heterocycles. The van der Waals surface area contributed by atoms with E-state index in [9.17, 15) is 18.0 Å². The second kappa shape index (κ2) is 12.1. The van der Waals surface area contributed by atoms with Crippen LogP contribution in [0.2, 0.25) is 5.02 Å². The second-order valence-electron chi connectivity index (χ2n) is 8.29. The molecule has 3 aromatic carbocycles. The Morgan fingerprint density at radius 2 is 1.61 bits per heavy atom. The van der Waals surface area contributed by atoms with Crippen LogP contribution >= 0.6 is 11.6 Å². The number of nitrogens with one attached hydrogen (secondary N) is 1. The number of hydrogen-bond acceptors (Lipinski definition) is 4. The first-order valence-electron chi connectivity index (χ1n) is 11.6. The van der Waals surface area contributed by atoms with E-state index in [1.165, 1.54) is 24.1 Å². The molecule has 0 bridgehead atoms. The maximum Gasteiger partial charge on any atom is 0.264 e. The van der Waals surface area contributed by atoms with Gasteiger partial charge in [-0.15, -0.1) is 0 Å². The summed E-state index contributed by atoms with van der Waals surface area (Å²) in [6, 6.07) is 21.2. The Kier molecular flexibility index (Phi) is 9.12. The molecule has 0 aliphatic heterocycles. The fourth-order valence-corrected chi connectivity index (χ4v) is 5.42. The SMILES string of the molecule is CCc1ccc(N(CC(=O)N(Cc2cccc(Cl)c2)C(C)C(=O)NC)S(=O)(=O)c2ccccc2)cc1. The summed E-state index contributed by atoms with van der Waals surface area (Å²) in [6.45, 7) is 3.21. The Labute approximate surface area is 217 Å². The van der Waals surface area contributed by atoms with Crippen molar-refractivity contribution in [1.29, 1.82) is 0 Å². The molecule has 2 amide bonds. The third kappa shape index (κ3) is 6.44. The Morgan fingerprint density at radius 1 is 0.944 bits per heavy atom. The molecule has 1 N–H and O–H groups in total. The van der Waals surface area contributed by atoms with Gasteiger partial charge in [0.1, 0.15) is 12.6 Å². The summed E-state index contributed by atoms with van der Waals surface area (Å²) in [5.41, 5.74) is 2.12. The lowest BCUT2D eigenvalue weighted by Gasteiger charge is -2.31. The van der Waals surface area contributed by atoms with Crippen LogP contribution in [-0.4, -0.2) is 44.8 Å². The summed E-state index contributed by atoms with van der Waals surface area (Å²) < 4.78 is 28.4. The van der Waals surface area contributed by atoms with Crippen LogP contribution in [0.1, 0.15) is 25.0 Å². The van der Waals surface area contributed by atoms with Crippen molar-refractivity contribution in [3.05, 3.63) is 95.0 Å². The van der Waals surface area contributed by atoms with Gasteiger partial charge in [-0.2, -0.15) is 0 Å². The van der Waals surface area contributed by atoms with E-state index < -0.39 is 28.5 Å². The smallest absolute Gasteiger partial charge is 0.264 e. The van der Waals surface area contributed by atoms with Crippen LogP contribution in [-0.2, 0) is 32.6 Å². The predicted octanol–water partition coefficient (Wildman–Crippen LogP) is 4.26. The number of nitrogens with zero attached hydrogens (tertiary/aromatic N) is 2. The number of sulfonamides is 1. The van der Waals surface area contributed by atoms with Crippen LogP contribution in [0.15, 0.2) is 83.8 Å².